The maximum atomic E-state index is 6.01. The van der Waals surface area contributed by atoms with Crippen LogP contribution in [0.25, 0.3) is 0 Å². The number of hydrogen-bond donors (Lipinski definition) is 2. The third kappa shape index (κ3) is 6.36. The topological polar surface area (TPSA) is 71.0 Å². The molecule has 32 heavy (non-hydrogen) atoms. The van der Waals surface area contributed by atoms with E-state index in [1.54, 1.807) is 7.05 Å². The van der Waals surface area contributed by atoms with Crippen molar-refractivity contribution in [2.75, 3.05) is 31.6 Å². The van der Waals surface area contributed by atoms with E-state index in [1.165, 1.54) is 12.8 Å². The van der Waals surface area contributed by atoms with Crippen LogP contribution in [0.15, 0.2) is 47.6 Å². The number of pyridine rings is 1. The van der Waals surface area contributed by atoms with E-state index in [-0.39, 0.29) is 12.2 Å². The van der Waals surface area contributed by atoms with Crippen molar-refractivity contribution in [1.82, 2.24) is 15.6 Å². The number of rotatable bonds is 8. The van der Waals surface area contributed by atoms with Crippen LogP contribution >= 0.6 is 0 Å². The fourth-order valence-corrected chi connectivity index (χ4v) is 3.94. The largest absolute Gasteiger partial charge is 0.493 e. The first-order valence-corrected chi connectivity index (χ1v) is 11.6. The van der Waals surface area contributed by atoms with E-state index in [1.807, 2.05) is 24.4 Å². The summed E-state index contributed by atoms with van der Waals surface area (Å²) >= 11 is 0. The monoisotopic (exact) mass is 437 g/mol. The number of anilines is 1. The summed E-state index contributed by atoms with van der Waals surface area (Å²) < 4.78 is 11.8. The minimum Gasteiger partial charge on any atom is -0.493 e. The fraction of sp³-hybridized carbons (Fsp3) is 0.520. The van der Waals surface area contributed by atoms with Crippen LogP contribution in [0.3, 0.4) is 0 Å². The zero-order valence-electron chi connectivity index (χ0n) is 19.4. The van der Waals surface area contributed by atoms with Gasteiger partial charge in [0, 0.05) is 45.0 Å². The third-order valence-corrected chi connectivity index (χ3v) is 5.83. The highest BCUT2D eigenvalue weighted by atomic mass is 16.5. The van der Waals surface area contributed by atoms with Gasteiger partial charge in [-0.15, -0.1) is 0 Å². The molecule has 1 aliphatic carbocycles. The molecule has 0 spiro atoms. The minimum atomic E-state index is 0.223. The lowest BCUT2D eigenvalue weighted by molar-refractivity contribution is -0.00545. The Balaban J connectivity index is 1.27. The van der Waals surface area contributed by atoms with Gasteiger partial charge in [-0.25, -0.2) is 4.98 Å². The Hall–Kier alpha value is -2.80. The molecule has 0 amide bonds. The summed E-state index contributed by atoms with van der Waals surface area (Å²) in [6.07, 6.45) is 4.96. The van der Waals surface area contributed by atoms with Crippen LogP contribution in [0.2, 0.25) is 0 Å². The molecule has 2 heterocycles. The van der Waals surface area contributed by atoms with Crippen molar-refractivity contribution in [3.05, 3.63) is 53.7 Å². The summed E-state index contributed by atoms with van der Waals surface area (Å²) in [7, 11) is 1.78. The maximum Gasteiger partial charge on any atom is 0.191 e. The summed E-state index contributed by atoms with van der Waals surface area (Å²) in [6, 6.07) is 12.4. The van der Waals surface area contributed by atoms with Gasteiger partial charge in [-0.05, 0) is 50.3 Å². The summed E-state index contributed by atoms with van der Waals surface area (Å²) in [5, 5.41) is 6.76. The fourth-order valence-electron chi connectivity index (χ4n) is 3.94. The van der Waals surface area contributed by atoms with Crippen LogP contribution < -0.4 is 20.3 Å². The Morgan fingerprint density at radius 3 is 2.53 bits per heavy atom. The highest BCUT2D eigenvalue weighted by Crippen LogP contribution is 2.30. The Labute approximate surface area is 191 Å². The molecule has 1 aromatic heterocycles. The van der Waals surface area contributed by atoms with Gasteiger partial charge in [0.2, 0.25) is 0 Å². The molecular weight excluding hydrogens is 402 g/mol. The summed E-state index contributed by atoms with van der Waals surface area (Å²) in [6.45, 7) is 8.09. The first-order chi connectivity index (χ1) is 15.6. The van der Waals surface area contributed by atoms with E-state index in [9.17, 15) is 0 Å². The molecule has 1 aromatic carbocycles. The van der Waals surface area contributed by atoms with Gasteiger partial charge >= 0.3 is 0 Å². The molecule has 2 atom stereocenters. The lowest BCUT2D eigenvalue weighted by Crippen LogP contribution is -2.45. The predicted molar refractivity (Wildman–Crippen MR) is 128 cm³/mol. The van der Waals surface area contributed by atoms with Crippen LogP contribution in [0.5, 0.6) is 5.75 Å². The molecule has 2 unspecified atom stereocenters. The van der Waals surface area contributed by atoms with Crippen molar-refractivity contribution in [3.63, 3.8) is 0 Å². The van der Waals surface area contributed by atoms with Crippen LogP contribution in [0.4, 0.5) is 5.82 Å². The number of para-hydroxylation sites is 1. The standard InChI is InChI=1S/C25H35N5O2/c1-18-15-30(16-19(2)32-18)24-11-10-21(12-27-24)13-28-25(26-3)29-14-22-6-4-5-7-23(22)31-17-20-8-9-20/h4-7,10-12,18-20H,8-9,13-17H2,1-3H3,(H2,26,28,29). The van der Waals surface area contributed by atoms with Crippen molar-refractivity contribution >= 4 is 11.8 Å². The molecule has 1 saturated heterocycles. The van der Waals surface area contributed by atoms with Crippen molar-refractivity contribution < 1.29 is 9.47 Å². The molecule has 0 bridgehead atoms. The van der Waals surface area contributed by atoms with E-state index in [0.717, 1.165) is 54.3 Å². The van der Waals surface area contributed by atoms with Gasteiger partial charge in [-0.2, -0.15) is 0 Å². The molecule has 1 aliphatic heterocycles. The summed E-state index contributed by atoms with van der Waals surface area (Å²) in [5.41, 5.74) is 2.25. The zero-order valence-corrected chi connectivity index (χ0v) is 19.4. The molecule has 2 fully saturated rings. The van der Waals surface area contributed by atoms with Gasteiger partial charge in [-0.3, -0.25) is 4.99 Å². The first-order valence-electron chi connectivity index (χ1n) is 11.6. The number of aromatic nitrogens is 1. The lowest BCUT2D eigenvalue weighted by atomic mass is 10.2. The average molecular weight is 438 g/mol. The van der Waals surface area contributed by atoms with Gasteiger partial charge in [0.25, 0.3) is 0 Å². The van der Waals surface area contributed by atoms with E-state index in [0.29, 0.717) is 13.1 Å². The van der Waals surface area contributed by atoms with Gasteiger partial charge in [0.05, 0.1) is 18.8 Å². The van der Waals surface area contributed by atoms with Crippen molar-refractivity contribution in [2.45, 2.75) is 52.0 Å². The average Bonchev–Trinajstić information content (AvgIpc) is 3.63. The van der Waals surface area contributed by atoms with Gasteiger partial charge in [-0.1, -0.05) is 24.3 Å². The Morgan fingerprint density at radius 1 is 1.09 bits per heavy atom. The smallest absolute Gasteiger partial charge is 0.191 e. The highest BCUT2D eigenvalue weighted by Gasteiger charge is 2.23. The number of hydrogen-bond acceptors (Lipinski definition) is 5. The van der Waals surface area contributed by atoms with Gasteiger partial charge in [0.15, 0.2) is 5.96 Å². The Morgan fingerprint density at radius 2 is 1.84 bits per heavy atom. The second-order valence-corrected chi connectivity index (χ2v) is 8.83. The first kappa shape index (κ1) is 22.4. The number of aliphatic imine (C=N–C) groups is 1. The molecule has 7 nitrogen and oxygen atoms in total. The van der Waals surface area contributed by atoms with Crippen LogP contribution in [-0.2, 0) is 17.8 Å². The van der Waals surface area contributed by atoms with Crippen LogP contribution in [0, 0.1) is 5.92 Å². The van der Waals surface area contributed by atoms with Gasteiger partial charge in [0.1, 0.15) is 11.6 Å². The number of ether oxygens (including phenoxy) is 2. The molecule has 2 N–H and O–H groups in total. The van der Waals surface area contributed by atoms with E-state index < -0.39 is 0 Å². The van der Waals surface area contributed by atoms with Crippen molar-refractivity contribution in [3.8, 4) is 5.75 Å². The number of nitrogens with zero attached hydrogens (tertiary/aromatic N) is 3. The molecule has 2 aromatic rings. The molecule has 0 radical (unpaired) electrons. The second-order valence-electron chi connectivity index (χ2n) is 8.83. The van der Waals surface area contributed by atoms with Crippen LogP contribution in [0.1, 0.15) is 37.8 Å². The second kappa shape index (κ2) is 10.7. The quantitative estimate of drug-likeness (QED) is 0.488. The zero-order chi connectivity index (χ0) is 22.3. The van der Waals surface area contributed by atoms with Crippen molar-refractivity contribution in [1.29, 1.82) is 0 Å². The van der Waals surface area contributed by atoms with Crippen molar-refractivity contribution in [2.24, 2.45) is 10.9 Å². The van der Waals surface area contributed by atoms with Crippen LogP contribution in [-0.4, -0.2) is 49.9 Å². The normalized spacial score (nSPS) is 21.3. The molecule has 7 heteroatoms. The third-order valence-electron chi connectivity index (χ3n) is 5.83. The lowest BCUT2D eigenvalue weighted by Gasteiger charge is -2.36. The number of nitrogens with one attached hydrogen (secondary N) is 2. The van der Waals surface area contributed by atoms with Gasteiger partial charge < -0.3 is 25.0 Å². The molecular formula is C25H35N5O2. The predicted octanol–water partition coefficient (Wildman–Crippen LogP) is 3.35. The number of guanidine groups is 1. The minimum absolute atomic E-state index is 0.223. The number of morpholine rings is 1. The highest BCUT2D eigenvalue weighted by molar-refractivity contribution is 5.79. The Kier molecular flexibility index (Phi) is 7.47. The molecule has 172 valence electrons. The SMILES string of the molecule is CN=C(NCc1ccc(N2CC(C)OC(C)C2)nc1)NCc1ccccc1OCC1CC1. The van der Waals surface area contributed by atoms with E-state index >= 15 is 0 Å². The van der Waals surface area contributed by atoms with E-state index in [2.05, 4.69) is 57.6 Å². The summed E-state index contributed by atoms with van der Waals surface area (Å²) in [4.78, 5) is 11.3. The maximum absolute atomic E-state index is 6.01. The summed E-state index contributed by atoms with van der Waals surface area (Å²) in [5.74, 6) is 3.44. The molecule has 2 aliphatic rings. The number of benzene rings is 1. The van der Waals surface area contributed by atoms with E-state index in [4.69, 9.17) is 9.47 Å². The Bertz CT molecular complexity index is 887. The molecule has 4 rings (SSSR count). The molecule has 1 saturated carbocycles.